The van der Waals surface area contributed by atoms with E-state index in [-0.39, 0.29) is 18.5 Å². The zero-order chi connectivity index (χ0) is 10.5. The van der Waals surface area contributed by atoms with Crippen molar-refractivity contribution in [1.29, 1.82) is 0 Å². The molecule has 0 saturated heterocycles. The summed E-state index contributed by atoms with van der Waals surface area (Å²) < 4.78 is 4.42. The topological polar surface area (TPSA) is 55.4 Å². The van der Waals surface area contributed by atoms with Gasteiger partial charge in [0.2, 0.25) is 5.91 Å². The average molecular weight is 208 g/mol. The van der Waals surface area contributed by atoms with Gasteiger partial charge in [0, 0.05) is 5.41 Å². The van der Waals surface area contributed by atoms with Crippen molar-refractivity contribution in [2.45, 2.75) is 20.8 Å². The molecular weight excluding hydrogens is 194 g/mol. The Bertz CT molecular complexity index is 198. The first-order valence-electron chi connectivity index (χ1n) is 3.88. The molecule has 0 aliphatic heterocycles. The molecular formula is C8H14ClNO3. The van der Waals surface area contributed by atoms with Crippen molar-refractivity contribution in [3.05, 3.63) is 0 Å². The lowest BCUT2D eigenvalue weighted by atomic mass is 9.96. The highest BCUT2D eigenvalue weighted by Crippen LogP contribution is 2.11. The molecule has 0 aliphatic carbocycles. The van der Waals surface area contributed by atoms with Gasteiger partial charge in [-0.25, -0.2) is 0 Å². The van der Waals surface area contributed by atoms with Crippen LogP contribution in [0.2, 0.25) is 0 Å². The maximum Gasteiger partial charge on any atom is 0.326 e. The molecule has 0 aromatic carbocycles. The van der Waals surface area contributed by atoms with Crippen LogP contribution in [0, 0.1) is 5.41 Å². The lowest BCUT2D eigenvalue weighted by Crippen LogP contribution is -2.38. The Morgan fingerprint density at radius 2 is 1.92 bits per heavy atom. The maximum absolute atomic E-state index is 11.2. The summed E-state index contributed by atoms with van der Waals surface area (Å²) in [6.07, 6.45) is 0. The predicted molar refractivity (Wildman–Crippen MR) is 49.3 cm³/mol. The quantitative estimate of drug-likeness (QED) is 0.553. The van der Waals surface area contributed by atoms with Gasteiger partial charge in [-0.3, -0.25) is 9.59 Å². The molecule has 0 saturated carbocycles. The number of alkyl halides is 1. The number of esters is 1. The zero-order valence-corrected chi connectivity index (χ0v) is 8.77. The van der Waals surface area contributed by atoms with Gasteiger partial charge in [-0.05, 0) is 0 Å². The lowest BCUT2D eigenvalue weighted by molar-refractivity contribution is -0.143. The third-order valence-electron chi connectivity index (χ3n) is 1.29. The van der Waals surface area contributed by atoms with Crippen LogP contribution in [0.15, 0.2) is 0 Å². The highest BCUT2D eigenvalue weighted by atomic mass is 35.5. The van der Waals surface area contributed by atoms with E-state index in [1.165, 1.54) is 0 Å². The van der Waals surface area contributed by atoms with E-state index in [9.17, 15) is 9.59 Å². The van der Waals surface area contributed by atoms with Crippen molar-refractivity contribution in [2.75, 3.05) is 12.6 Å². The fourth-order valence-corrected chi connectivity index (χ4v) is 0.651. The van der Waals surface area contributed by atoms with Crippen LogP contribution in [0.4, 0.5) is 0 Å². The third-order valence-corrected chi connectivity index (χ3v) is 1.40. The monoisotopic (exact) mass is 207 g/mol. The Morgan fingerprint density at radius 3 is 2.31 bits per heavy atom. The van der Waals surface area contributed by atoms with Crippen molar-refractivity contribution >= 4 is 23.5 Å². The van der Waals surface area contributed by atoms with Gasteiger partial charge in [-0.2, -0.15) is 0 Å². The SMILES string of the molecule is CC(C)(C)C(=O)NCC(=O)OCCl. The van der Waals surface area contributed by atoms with Crippen molar-refractivity contribution < 1.29 is 14.3 Å². The predicted octanol–water partition coefficient (Wildman–Crippen LogP) is 0.888. The van der Waals surface area contributed by atoms with Gasteiger partial charge in [-0.15, -0.1) is 0 Å². The van der Waals surface area contributed by atoms with Crippen molar-refractivity contribution in [3.8, 4) is 0 Å². The first-order valence-corrected chi connectivity index (χ1v) is 4.41. The Morgan fingerprint density at radius 1 is 1.38 bits per heavy atom. The van der Waals surface area contributed by atoms with Gasteiger partial charge in [0.15, 0.2) is 6.07 Å². The maximum atomic E-state index is 11.2. The molecule has 0 aromatic rings. The molecule has 0 aromatic heterocycles. The first kappa shape index (κ1) is 12.2. The molecule has 1 amide bonds. The van der Waals surface area contributed by atoms with E-state index in [2.05, 4.69) is 10.1 Å². The molecule has 0 rings (SSSR count). The van der Waals surface area contributed by atoms with Crippen LogP contribution in [-0.2, 0) is 14.3 Å². The molecule has 0 spiro atoms. The number of hydrogen-bond donors (Lipinski definition) is 1. The van der Waals surface area contributed by atoms with Crippen LogP contribution in [0.1, 0.15) is 20.8 Å². The molecule has 0 unspecified atom stereocenters. The van der Waals surface area contributed by atoms with Gasteiger partial charge in [0.1, 0.15) is 6.54 Å². The molecule has 0 atom stereocenters. The molecule has 0 radical (unpaired) electrons. The minimum absolute atomic E-state index is 0.136. The average Bonchev–Trinajstić information content (AvgIpc) is 1.99. The third kappa shape index (κ3) is 5.47. The highest BCUT2D eigenvalue weighted by molar-refractivity contribution is 6.17. The fraction of sp³-hybridized carbons (Fsp3) is 0.750. The Hall–Kier alpha value is -0.770. The molecule has 0 bridgehead atoms. The summed E-state index contributed by atoms with van der Waals surface area (Å²) in [6.45, 7) is 5.14. The summed E-state index contributed by atoms with van der Waals surface area (Å²) in [6, 6.07) is -0.190. The molecule has 0 aliphatic rings. The number of carbonyl (C=O) groups is 2. The number of halogens is 1. The summed E-state index contributed by atoms with van der Waals surface area (Å²) in [5.41, 5.74) is -0.499. The van der Waals surface area contributed by atoms with E-state index in [0.29, 0.717) is 0 Å². The van der Waals surface area contributed by atoms with Gasteiger partial charge < -0.3 is 10.1 Å². The number of nitrogens with one attached hydrogen (secondary N) is 1. The molecule has 0 fully saturated rings. The van der Waals surface area contributed by atoms with Crippen LogP contribution in [-0.4, -0.2) is 24.5 Å². The van der Waals surface area contributed by atoms with E-state index in [4.69, 9.17) is 11.6 Å². The van der Waals surface area contributed by atoms with Crippen molar-refractivity contribution in [3.63, 3.8) is 0 Å². The highest BCUT2D eigenvalue weighted by Gasteiger charge is 2.21. The van der Waals surface area contributed by atoms with Gasteiger partial charge in [0.05, 0.1) is 0 Å². The second-order valence-corrected chi connectivity index (χ2v) is 3.78. The molecule has 1 N–H and O–H groups in total. The van der Waals surface area contributed by atoms with Crippen LogP contribution in [0.25, 0.3) is 0 Å². The minimum atomic E-state index is -0.535. The molecule has 0 heterocycles. The van der Waals surface area contributed by atoms with E-state index < -0.39 is 11.4 Å². The van der Waals surface area contributed by atoms with Crippen LogP contribution in [0.5, 0.6) is 0 Å². The Balaban J connectivity index is 3.77. The van der Waals surface area contributed by atoms with Crippen molar-refractivity contribution in [1.82, 2.24) is 5.32 Å². The van der Waals surface area contributed by atoms with E-state index >= 15 is 0 Å². The summed E-state index contributed by atoms with van der Waals surface area (Å²) in [5, 5.41) is 2.44. The Labute approximate surface area is 82.6 Å². The molecule has 4 nitrogen and oxygen atoms in total. The van der Waals surface area contributed by atoms with Gasteiger partial charge in [0.25, 0.3) is 0 Å². The number of amides is 1. The largest absolute Gasteiger partial charge is 0.448 e. The number of hydrogen-bond acceptors (Lipinski definition) is 3. The summed E-state index contributed by atoms with van der Waals surface area (Å²) in [5.74, 6) is -0.730. The molecule has 13 heavy (non-hydrogen) atoms. The van der Waals surface area contributed by atoms with Gasteiger partial charge in [-0.1, -0.05) is 32.4 Å². The summed E-state index contributed by atoms with van der Waals surface area (Å²) in [4.78, 5) is 22.0. The number of carbonyl (C=O) groups excluding carboxylic acids is 2. The second-order valence-electron chi connectivity index (χ2n) is 3.56. The van der Waals surface area contributed by atoms with Gasteiger partial charge >= 0.3 is 5.97 Å². The summed E-state index contributed by atoms with van der Waals surface area (Å²) in [7, 11) is 0. The lowest BCUT2D eigenvalue weighted by Gasteiger charge is -2.16. The number of ether oxygens (including phenoxy) is 1. The standard InChI is InChI=1S/C8H14ClNO3/c1-8(2,3)7(12)10-4-6(11)13-5-9/h4-5H2,1-3H3,(H,10,12). The van der Waals surface area contributed by atoms with E-state index in [0.717, 1.165) is 0 Å². The molecule has 5 heteroatoms. The fourth-order valence-electron chi connectivity index (χ4n) is 0.529. The zero-order valence-electron chi connectivity index (χ0n) is 8.02. The molecule has 76 valence electrons. The van der Waals surface area contributed by atoms with E-state index in [1.807, 2.05) is 0 Å². The van der Waals surface area contributed by atoms with Crippen molar-refractivity contribution in [2.24, 2.45) is 5.41 Å². The van der Waals surface area contributed by atoms with Crippen LogP contribution < -0.4 is 5.32 Å². The number of rotatable bonds is 3. The minimum Gasteiger partial charge on any atom is -0.448 e. The van der Waals surface area contributed by atoms with Crippen LogP contribution >= 0.6 is 11.6 Å². The normalized spacial score (nSPS) is 10.8. The summed E-state index contributed by atoms with van der Waals surface area (Å²) >= 11 is 5.15. The van der Waals surface area contributed by atoms with Crippen LogP contribution in [0.3, 0.4) is 0 Å². The smallest absolute Gasteiger partial charge is 0.326 e. The first-order chi connectivity index (χ1) is 5.88. The second kappa shape index (κ2) is 5.07. The van der Waals surface area contributed by atoms with E-state index in [1.54, 1.807) is 20.8 Å². The Kier molecular flexibility index (Phi) is 4.77.